The Labute approximate surface area is 871 Å². The summed E-state index contributed by atoms with van der Waals surface area (Å²) in [6.07, 6.45) is 0. The minimum absolute atomic E-state index is 1.08. The monoisotopic (exact) mass is 1920 g/mol. The third kappa shape index (κ3) is 17.0. The van der Waals surface area contributed by atoms with Crippen molar-refractivity contribution in [3.63, 3.8) is 0 Å². The molecule has 708 valence electrons. The molecule has 0 spiro atoms. The molecular formula is C142H100N8. The summed E-state index contributed by atoms with van der Waals surface area (Å²) in [4.78, 5) is 11.7. The lowest BCUT2D eigenvalue weighted by atomic mass is 10.0. The quantitative estimate of drug-likeness (QED) is 0.0759. The Morgan fingerprint density at radius 2 is 0.247 bits per heavy atom. The van der Waals surface area contributed by atoms with Gasteiger partial charge in [-0.25, -0.2) is 0 Å². The lowest BCUT2D eigenvalue weighted by Gasteiger charge is -2.27. The molecule has 0 bridgehead atoms. The predicted octanol–water partition coefficient (Wildman–Crippen LogP) is 39.6. The van der Waals surface area contributed by atoms with Crippen LogP contribution in [-0.2, 0) is 0 Å². The fraction of sp³-hybridized carbons (Fsp3) is 0. The predicted molar refractivity (Wildman–Crippen MR) is 637 cm³/mol. The van der Waals surface area contributed by atoms with Crippen LogP contribution < -0.4 is 24.5 Å². The van der Waals surface area contributed by atoms with Gasteiger partial charge in [-0.15, -0.1) is 0 Å². The fourth-order valence-corrected chi connectivity index (χ4v) is 22.1. The second kappa shape index (κ2) is 39.9. The number of hydrogen-bond acceptors (Lipinski definition) is 5. The molecule has 0 N–H and O–H groups in total. The first kappa shape index (κ1) is 90.0. The summed E-state index contributed by atoms with van der Waals surface area (Å²) < 4.78 is 7.12. The van der Waals surface area contributed by atoms with E-state index < -0.39 is 0 Å². The van der Waals surface area contributed by atoms with Crippen LogP contribution in [0.1, 0.15) is 0 Å². The second-order valence-corrected chi connectivity index (χ2v) is 37.9. The van der Waals surface area contributed by atoms with E-state index in [-0.39, 0.29) is 0 Å². The van der Waals surface area contributed by atoms with Crippen molar-refractivity contribution in [1.29, 1.82) is 0 Å². The van der Waals surface area contributed by atoms with Gasteiger partial charge in [-0.3, -0.25) is 0 Å². The summed E-state index contributed by atoms with van der Waals surface area (Å²) in [5.74, 6) is 0. The van der Waals surface area contributed by atoms with Crippen LogP contribution in [0.4, 0.5) is 85.3 Å². The normalized spacial score (nSPS) is 11.3. The molecule has 0 aliphatic rings. The maximum Gasteiger partial charge on any atom is 0.0541 e. The minimum Gasteiger partial charge on any atom is -0.310 e. The number of rotatable bonds is 20. The molecule has 28 aromatic rings. The topological polar surface area (TPSA) is 31.0 Å². The highest BCUT2D eigenvalue weighted by molar-refractivity contribution is 6.13. The molecule has 3 aromatic heterocycles. The molecule has 0 atom stereocenters. The van der Waals surface area contributed by atoms with Crippen molar-refractivity contribution < 1.29 is 0 Å². The van der Waals surface area contributed by atoms with Gasteiger partial charge < -0.3 is 38.2 Å². The first-order chi connectivity index (χ1) is 74.5. The van der Waals surface area contributed by atoms with Gasteiger partial charge in [0, 0.05) is 133 Å². The van der Waals surface area contributed by atoms with E-state index in [0.717, 1.165) is 102 Å². The summed E-state index contributed by atoms with van der Waals surface area (Å²) in [5, 5.41) is 17.4. The van der Waals surface area contributed by atoms with Gasteiger partial charge in [0.25, 0.3) is 0 Å². The Morgan fingerprint density at radius 3 is 0.447 bits per heavy atom. The van der Waals surface area contributed by atoms with Gasteiger partial charge in [-0.1, -0.05) is 376 Å². The van der Waals surface area contributed by atoms with Crippen LogP contribution in [-0.4, -0.2) is 13.7 Å². The van der Waals surface area contributed by atoms with Gasteiger partial charge in [0.05, 0.1) is 55.8 Å². The van der Waals surface area contributed by atoms with E-state index in [2.05, 4.69) is 645 Å². The van der Waals surface area contributed by atoms with Crippen molar-refractivity contribution >= 4 is 194 Å². The smallest absolute Gasteiger partial charge is 0.0541 e. The highest BCUT2D eigenvalue weighted by Gasteiger charge is 2.25. The first-order valence-corrected chi connectivity index (χ1v) is 51.3. The van der Waals surface area contributed by atoms with Crippen LogP contribution in [0.5, 0.6) is 0 Å². The number of benzene rings is 25. The number of aromatic nitrogens is 3. The molecule has 3 heterocycles. The van der Waals surface area contributed by atoms with Crippen LogP contribution in [0, 0.1) is 0 Å². The molecule has 0 aliphatic heterocycles. The largest absolute Gasteiger partial charge is 0.310 e. The van der Waals surface area contributed by atoms with Crippen LogP contribution >= 0.6 is 0 Å². The number of hydrogen-bond donors (Lipinski definition) is 0. The number of anilines is 15. The van der Waals surface area contributed by atoms with Gasteiger partial charge in [-0.2, -0.15) is 0 Å². The Kier molecular flexibility index (Phi) is 23.9. The summed E-state index contributed by atoms with van der Waals surface area (Å²) in [5.41, 5.74) is 32.2. The van der Waals surface area contributed by atoms with E-state index in [0.29, 0.717) is 0 Å². The Bertz CT molecular complexity index is 8520. The van der Waals surface area contributed by atoms with Crippen LogP contribution in [0.3, 0.4) is 0 Å². The van der Waals surface area contributed by atoms with Crippen molar-refractivity contribution in [2.45, 2.75) is 0 Å². The number of fused-ring (bicyclic) bond motifs is 13. The van der Waals surface area contributed by atoms with Crippen molar-refractivity contribution in [3.8, 4) is 39.3 Å². The molecule has 0 amide bonds. The van der Waals surface area contributed by atoms with Gasteiger partial charge in [0.15, 0.2) is 0 Å². The fourth-order valence-electron chi connectivity index (χ4n) is 22.1. The highest BCUT2D eigenvalue weighted by atomic mass is 15.2. The zero-order valence-electron chi connectivity index (χ0n) is 82.3. The zero-order valence-corrected chi connectivity index (χ0v) is 82.3. The first-order valence-electron chi connectivity index (χ1n) is 51.3. The molecule has 0 fully saturated rings. The Morgan fingerprint density at radius 1 is 0.100 bits per heavy atom. The molecule has 150 heavy (non-hydrogen) atoms. The maximum absolute atomic E-state index is 2.37. The van der Waals surface area contributed by atoms with E-state index in [1.54, 1.807) is 0 Å². The molecule has 0 saturated carbocycles. The second-order valence-electron chi connectivity index (χ2n) is 37.9. The van der Waals surface area contributed by atoms with E-state index >= 15 is 0 Å². The summed E-state index contributed by atoms with van der Waals surface area (Å²) in [6.45, 7) is 0. The van der Waals surface area contributed by atoms with Crippen LogP contribution in [0.25, 0.3) is 148 Å². The highest BCUT2D eigenvalue weighted by Crippen LogP contribution is 2.49. The lowest BCUT2D eigenvalue weighted by molar-refractivity contribution is 1.16. The Balaban J connectivity index is 0.000000115. The molecule has 0 radical (unpaired) electrons. The van der Waals surface area contributed by atoms with Crippen LogP contribution in [0.15, 0.2) is 607 Å². The average Bonchev–Trinajstić information content (AvgIpc) is 1.59. The minimum atomic E-state index is 1.08. The number of nitrogens with zero attached hydrogens (tertiary/aromatic N) is 8. The maximum atomic E-state index is 2.37. The van der Waals surface area contributed by atoms with Crippen molar-refractivity contribution in [1.82, 2.24) is 13.7 Å². The SMILES string of the molecule is c1ccc(N(c2ccc(-c3ccc(N(c4ccccc4)c4cccc5ccccc45)cc3)cc2)c2cccc3ccccc23)cc1.c1ccc(N(c2ccc(-c3ccc(N(c4ccccc4)c4cccc5ccccc45)cc3)cc2)c2cccc3ccccc23)cc1.c1ccc2c(c1)c1ccccc1n2-c1ccc(N(c2ccc(-n3c4ccccc4c4ccccc43)cc2)c2ccc(-n3c4ccccc4c4ccccc43)cc2)cc1. The third-order valence-corrected chi connectivity index (χ3v) is 29.1. The van der Waals surface area contributed by atoms with Crippen molar-refractivity contribution in [2.24, 2.45) is 0 Å². The van der Waals surface area contributed by atoms with E-state index in [9.17, 15) is 0 Å². The van der Waals surface area contributed by atoms with Gasteiger partial charge in [-0.05, 0) is 274 Å². The van der Waals surface area contributed by atoms with E-state index in [1.807, 2.05) is 0 Å². The standard InChI is InChI=1S/C54H36N4.2C44H32N2/c1-7-19-49-43(13-1)44-14-2-8-20-50(44)56(49)40-31-25-37(26-32-40)55(38-27-33-41(34-28-38)57-51-21-9-3-15-45(51)46-16-4-10-22-52(46)57)39-29-35-42(36-30-39)58-53-23-11-5-17-47(53)48-18-6-12-24-54(48)58;2*1-3-17-37(18-4-1)45(43-23-11-15-35-13-7-9-21-41(35)43)39-29-25-33(26-30-39)34-27-31-40(32-28-34)46(38-19-5-2-6-20-38)44-24-12-16-36-14-8-10-22-42(36)44/h1-36H;2*1-32H. The molecule has 0 aliphatic carbocycles. The van der Waals surface area contributed by atoms with Gasteiger partial charge in [0.2, 0.25) is 0 Å². The van der Waals surface area contributed by atoms with Gasteiger partial charge in [0.1, 0.15) is 0 Å². The van der Waals surface area contributed by atoms with Crippen LogP contribution in [0.2, 0.25) is 0 Å². The van der Waals surface area contributed by atoms with Gasteiger partial charge >= 0.3 is 0 Å². The average molecular weight is 1920 g/mol. The molecule has 0 saturated heterocycles. The number of para-hydroxylation sites is 10. The van der Waals surface area contributed by atoms with E-state index in [1.165, 1.54) is 131 Å². The van der Waals surface area contributed by atoms with Crippen molar-refractivity contribution in [3.05, 3.63) is 607 Å². The zero-order chi connectivity index (χ0) is 99.6. The molecular weight excluding hydrogens is 1820 g/mol. The van der Waals surface area contributed by atoms with Crippen molar-refractivity contribution in [2.75, 3.05) is 24.5 Å². The molecule has 25 aromatic carbocycles. The lowest BCUT2D eigenvalue weighted by Crippen LogP contribution is -2.10. The molecule has 28 rings (SSSR count). The van der Waals surface area contributed by atoms with E-state index in [4.69, 9.17) is 0 Å². The Hall–Kier alpha value is -20.1. The summed E-state index contributed by atoms with van der Waals surface area (Å²) in [6, 6.07) is 218. The third-order valence-electron chi connectivity index (χ3n) is 29.1. The summed E-state index contributed by atoms with van der Waals surface area (Å²) in [7, 11) is 0. The molecule has 8 nitrogen and oxygen atoms in total. The molecule has 8 heteroatoms. The summed E-state index contributed by atoms with van der Waals surface area (Å²) >= 11 is 0. The molecule has 0 unspecified atom stereocenters.